The van der Waals surface area contributed by atoms with Crippen molar-refractivity contribution in [2.45, 2.75) is 6.54 Å². The Bertz CT molecular complexity index is 617. The van der Waals surface area contributed by atoms with Crippen LogP contribution in [-0.2, 0) is 6.54 Å². The van der Waals surface area contributed by atoms with Crippen LogP contribution < -0.4 is 11.1 Å². The maximum atomic E-state index is 13.0. The first kappa shape index (κ1) is 12.9. The number of carbonyl (C=O) groups excluding carboxylic acids is 1. The third-order valence-corrected chi connectivity index (χ3v) is 2.54. The number of hydrogen-bond donors (Lipinski definition) is 2. The van der Waals surface area contributed by atoms with E-state index in [2.05, 4.69) is 10.3 Å². The number of pyridine rings is 1. The van der Waals surface area contributed by atoms with Gasteiger partial charge < -0.3 is 11.1 Å². The minimum atomic E-state index is -0.951. The molecule has 2 rings (SSSR count). The van der Waals surface area contributed by atoms with Gasteiger partial charge in [0.25, 0.3) is 5.91 Å². The van der Waals surface area contributed by atoms with Crippen LogP contribution in [-0.4, -0.2) is 10.9 Å². The van der Waals surface area contributed by atoms with E-state index in [4.69, 9.17) is 5.73 Å². The number of nitrogens with zero attached hydrogens (tertiary/aromatic N) is 1. The van der Waals surface area contributed by atoms with Crippen molar-refractivity contribution in [2.75, 3.05) is 5.73 Å². The summed E-state index contributed by atoms with van der Waals surface area (Å²) in [6.45, 7) is 0.0738. The Morgan fingerprint density at radius 3 is 2.74 bits per heavy atom. The zero-order valence-corrected chi connectivity index (χ0v) is 9.86. The number of halogens is 2. The first-order valence-corrected chi connectivity index (χ1v) is 5.49. The normalized spacial score (nSPS) is 10.2. The van der Waals surface area contributed by atoms with E-state index in [0.29, 0.717) is 11.3 Å². The number of hydrogen-bond acceptors (Lipinski definition) is 3. The SMILES string of the molecule is Nc1ccncc1C(=O)NCc1ccc(F)c(F)c1. The molecule has 0 aliphatic rings. The quantitative estimate of drug-likeness (QED) is 0.888. The monoisotopic (exact) mass is 263 g/mol. The lowest BCUT2D eigenvalue weighted by molar-refractivity contribution is 0.0951. The van der Waals surface area contributed by atoms with Crippen LogP contribution in [0, 0.1) is 11.6 Å². The smallest absolute Gasteiger partial charge is 0.255 e. The van der Waals surface area contributed by atoms with E-state index in [1.807, 2.05) is 0 Å². The third-order valence-electron chi connectivity index (χ3n) is 2.54. The molecule has 19 heavy (non-hydrogen) atoms. The molecular weight excluding hydrogens is 252 g/mol. The number of benzene rings is 1. The van der Waals surface area contributed by atoms with Gasteiger partial charge in [0.2, 0.25) is 0 Å². The molecule has 0 saturated carbocycles. The lowest BCUT2D eigenvalue weighted by Crippen LogP contribution is -2.24. The van der Waals surface area contributed by atoms with E-state index in [1.165, 1.54) is 24.5 Å². The number of nitrogens with two attached hydrogens (primary N) is 1. The lowest BCUT2D eigenvalue weighted by atomic mass is 10.2. The molecule has 0 spiro atoms. The molecule has 1 aromatic heterocycles. The predicted octanol–water partition coefficient (Wildman–Crippen LogP) is 1.87. The van der Waals surface area contributed by atoms with Gasteiger partial charge in [-0.1, -0.05) is 6.07 Å². The Balaban J connectivity index is 2.04. The summed E-state index contributed by atoms with van der Waals surface area (Å²) >= 11 is 0. The molecular formula is C13H11F2N3O. The van der Waals surface area contributed by atoms with E-state index < -0.39 is 17.5 Å². The standard InChI is InChI=1S/C13H11F2N3O/c14-10-2-1-8(5-11(10)15)6-18-13(19)9-7-17-4-3-12(9)16/h1-5,7H,6H2,(H2,16,17)(H,18,19). The molecule has 6 heteroatoms. The van der Waals surface area contributed by atoms with Crippen LogP contribution >= 0.6 is 0 Å². The minimum Gasteiger partial charge on any atom is -0.398 e. The summed E-state index contributed by atoms with van der Waals surface area (Å²) in [6, 6.07) is 4.94. The van der Waals surface area contributed by atoms with Crippen molar-refractivity contribution in [1.29, 1.82) is 0 Å². The van der Waals surface area contributed by atoms with E-state index >= 15 is 0 Å². The maximum Gasteiger partial charge on any atom is 0.255 e. The summed E-state index contributed by atoms with van der Waals surface area (Å²) in [4.78, 5) is 15.6. The molecule has 2 aromatic rings. The van der Waals surface area contributed by atoms with Crippen LogP contribution in [0.5, 0.6) is 0 Å². The lowest BCUT2D eigenvalue weighted by Gasteiger charge is -2.07. The van der Waals surface area contributed by atoms with Crippen molar-refractivity contribution in [3.63, 3.8) is 0 Å². The van der Waals surface area contributed by atoms with Gasteiger partial charge in [-0.2, -0.15) is 0 Å². The van der Waals surface area contributed by atoms with Gasteiger partial charge in [-0.25, -0.2) is 8.78 Å². The molecule has 0 saturated heterocycles. The number of nitrogen functional groups attached to an aromatic ring is 1. The molecule has 0 bridgehead atoms. The van der Waals surface area contributed by atoms with Crippen LogP contribution in [0.25, 0.3) is 0 Å². The Morgan fingerprint density at radius 1 is 1.26 bits per heavy atom. The molecule has 0 aliphatic carbocycles. The Labute approximate surface area is 108 Å². The van der Waals surface area contributed by atoms with E-state index in [0.717, 1.165) is 12.1 Å². The number of aromatic nitrogens is 1. The van der Waals surface area contributed by atoms with Crippen LogP contribution in [0.3, 0.4) is 0 Å². The second-order valence-electron chi connectivity index (χ2n) is 3.89. The Morgan fingerprint density at radius 2 is 2.05 bits per heavy atom. The second-order valence-corrected chi connectivity index (χ2v) is 3.89. The maximum absolute atomic E-state index is 13.0. The molecule has 0 fully saturated rings. The Kier molecular flexibility index (Phi) is 3.70. The molecule has 4 nitrogen and oxygen atoms in total. The predicted molar refractivity (Wildman–Crippen MR) is 66.2 cm³/mol. The zero-order chi connectivity index (χ0) is 13.8. The summed E-state index contributed by atoms with van der Waals surface area (Å²) in [6.07, 6.45) is 2.82. The van der Waals surface area contributed by atoms with E-state index in [9.17, 15) is 13.6 Å². The van der Waals surface area contributed by atoms with Crippen molar-refractivity contribution < 1.29 is 13.6 Å². The molecule has 3 N–H and O–H groups in total. The molecule has 1 heterocycles. The highest BCUT2D eigenvalue weighted by Gasteiger charge is 2.09. The topological polar surface area (TPSA) is 68.0 Å². The van der Waals surface area contributed by atoms with Gasteiger partial charge in [0.05, 0.1) is 5.56 Å². The Hall–Kier alpha value is -2.50. The molecule has 0 unspecified atom stereocenters. The van der Waals surface area contributed by atoms with Gasteiger partial charge in [-0.3, -0.25) is 9.78 Å². The van der Waals surface area contributed by atoms with Crippen LogP contribution in [0.4, 0.5) is 14.5 Å². The van der Waals surface area contributed by atoms with Crippen LogP contribution in [0.2, 0.25) is 0 Å². The van der Waals surface area contributed by atoms with Crippen molar-refractivity contribution in [1.82, 2.24) is 10.3 Å². The number of rotatable bonds is 3. The van der Waals surface area contributed by atoms with Gasteiger partial charge in [0, 0.05) is 24.6 Å². The minimum absolute atomic E-state index is 0.0738. The molecule has 0 atom stereocenters. The molecule has 0 radical (unpaired) electrons. The molecule has 1 aromatic carbocycles. The second kappa shape index (κ2) is 5.43. The van der Waals surface area contributed by atoms with Crippen molar-refractivity contribution in [2.24, 2.45) is 0 Å². The molecule has 0 aliphatic heterocycles. The summed E-state index contributed by atoms with van der Waals surface area (Å²) in [5.74, 6) is -2.30. The molecule has 1 amide bonds. The third kappa shape index (κ3) is 3.04. The number of carbonyl (C=O) groups is 1. The fraction of sp³-hybridized carbons (Fsp3) is 0.0769. The number of anilines is 1. The van der Waals surface area contributed by atoms with Crippen molar-refractivity contribution in [3.05, 3.63) is 59.4 Å². The average Bonchev–Trinajstić information content (AvgIpc) is 2.40. The number of amides is 1. The fourth-order valence-corrected chi connectivity index (χ4v) is 1.52. The summed E-state index contributed by atoms with van der Waals surface area (Å²) in [7, 11) is 0. The fourth-order valence-electron chi connectivity index (χ4n) is 1.52. The van der Waals surface area contributed by atoms with Crippen LogP contribution in [0.1, 0.15) is 15.9 Å². The summed E-state index contributed by atoms with van der Waals surface area (Å²) < 4.78 is 25.7. The zero-order valence-electron chi connectivity index (χ0n) is 9.86. The first-order chi connectivity index (χ1) is 9.08. The van der Waals surface area contributed by atoms with Crippen molar-refractivity contribution in [3.8, 4) is 0 Å². The van der Waals surface area contributed by atoms with Gasteiger partial charge >= 0.3 is 0 Å². The largest absolute Gasteiger partial charge is 0.398 e. The highest BCUT2D eigenvalue weighted by atomic mass is 19.2. The van der Waals surface area contributed by atoms with Gasteiger partial charge in [0.1, 0.15) is 0 Å². The first-order valence-electron chi connectivity index (χ1n) is 5.49. The average molecular weight is 263 g/mol. The highest BCUT2D eigenvalue weighted by molar-refractivity contribution is 5.98. The van der Waals surface area contributed by atoms with Gasteiger partial charge in [-0.15, -0.1) is 0 Å². The van der Waals surface area contributed by atoms with E-state index in [-0.39, 0.29) is 12.1 Å². The van der Waals surface area contributed by atoms with Gasteiger partial charge in [-0.05, 0) is 23.8 Å². The van der Waals surface area contributed by atoms with Crippen LogP contribution in [0.15, 0.2) is 36.7 Å². The van der Waals surface area contributed by atoms with E-state index in [1.54, 1.807) is 0 Å². The number of nitrogens with one attached hydrogen (secondary N) is 1. The summed E-state index contributed by atoms with van der Waals surface area (Å²) in [5, 5.41) is 2.55. The van der Waals surface area contributed by atoms with Crippen molar-refractivity contribution >= 4 is 11.6 Å². The van der Waals surface area contributed by atoms with Gasteiger partial charge in [0.15, 0.2) is 11.6 Å². The summed E-state index contributed by atoms with van der Waals surface area (Å²) in [5.41, 5.74) is 6.62. The highest BCUT2D eigenvalue weighted by Crippen LogP contribution is 2.10. The molecule has 98 valence electrons.